The van der Waals surface area contributed by atoms with E-state index in [9.17, 15) is 4.79 Å². The fourth-order valence-corrected chi connectivity index (χ4v) is 3.62. The molecule has 1 N–H and O–H groups in total. The van der Waals surface area contributed by atoms with Crippen molar-refractivity contribution in [1.29, 1.82) is 0 Å². The lowest BCUT2D eigenvalue weighted by atomic mass is 10.1. The lowest BCUT2D eigenvalue weighted by Gasteiger charge is -2.03. The fourth-order valence-electron chi connectivity index (χ4n) is 2.88. The average molecular weight is 335 g/mol. The van der Waals surface area contributed by atoms with Gasteiger partial charge in [0, 0.05) is 29.3 Å². The minimum Gasteiger partial charge on any atom is -0.349 e. The predicted molar refractivity (Wildman–Crippen MR) is 94.5 cm³/mol. The molecular formula is C19H17N3OS. The molecule has 120 valence electrons. The van der Waals surface area contributed by atoms with Crippen molar-refractivity contribution in [1.82, 2.24) is 15.3 Å². The molecule has 0 bridgehead atoms. The molecule has 5 heteroatoms. The molecule has 2 unspecified atom stereocenters. The first kappa shape index (κ1) is 15.0. The van der Waals surface area contributed by atoms with Gasteiger partial charge in [-0.2, -0.15) is 0 Å². The Kier molecular flexibility index (Phi) is 4.09. The number of hydrogen-bond donors (Lipinski definition) is 1. The van der Waals surface area contributed by atoms with Crippen LogP contribution in [0.2, 0.25) is 0 Å². The molecule has 4 nitrogen and oxygen atoms in total. The van der Waals surface area contributed by atoms with E-state index >= 15 is 0 Å². The van der Waals surface area contributed by atoms with Crippen LogP contribution in [0.25, 0.3) is 11.3 Å². The smallest absolute Gasteiger partial charge is 0.224 e. The third-order valence-electron chi connectivity index (χ3n) is 4.27. The Morgan fingerprint density at radius 3 is 2.88 bits per heavy atom. The highest BCUT2D eigenvalue weighted by atomic mass is 32.1. The van der Waals surface area contributed by atoms with Gasteiger partial charge in [0.2, 0.25) is 5.91 Å². The topological polar surface area (TPSA) is 54.9 Å². The molecule has 0 aliphatic heterocycles. The van der Waals surface area contributed by atoms with Crippen molar-refractivity contribution in [2.75, 3.05) is 0 Å². The number of amides is 1. The Morgan fingerprint density at radius 2 is 2.08 bits per heavy atom. The van der Waals surface area contributed by atoms with Crippen LogP contribution in [0, 0.1) is 5.92 Å². The molecule has 1 aromatic carbocycles. The number of nitrogens with one attached hydrogen (secondary N) is 1. The summed E-state index contributed by atoms with van der Waals surface area (Å²) in [6, 6.07) is 14.0. The highest BCUT2D eigenvalue weighted by Crippen LogP contribution is 2.47. The second-order valence-corrected chi connectivity index (χ2v) is 6.89. The number of carbonyl (C=O) groups is 1. The van der Waals surface area contributed by atoms with Gasteiger partial charge >= 0.3 is 0 Å². The molecule has 2 heterocycles. The standard InChI is InChI=1S/C19H17N3OS/c23-19(16-9-15(16)14-7-4-8-20-10-14)21-11-18-22-17(12-24-18)13-5-2-1-3-6-13/h1-8,10,12,15-16H,9,11H2,(H,21,23). The van der Waals surface area contributed by atoms with Crippen LogP contribution >= 0.6 is 11.3 Å². The zero-order valence-electron chi connectivity index (χ0n) is 13.1. The summed E-state index contributed by atoms with van der Waals surface area (Å²) in [6.45, 7) is 0.493. The van der Waals surface area contributed by atoms with E-state index < -0.39 is 0 Å². The Morgan fingerprint density at radius 1 is 1.21 bits per heavy atom. The van der Waals surface area contributed by atoms with Crippen molar-refractivity contribution in [2.24, 2.45) is 5.92 Å². The second kappa shape index (κ2) is 6.53. The maximum Gasteiger partial charge on any atom is 0.224 e. The number of benzene rings is 1. The number of carbonyl (C=O) groups excluding carboxylic acids is 1. The van der Waals surface area contributed by atoms with Crippen molar-refractivity contribution in [3.63, 3.8) is 0 Å². The van der Waals surface area contributed by atoms with Crippen LogP contribution in [0.3, 0.4) is 0 Å². The van der Waals surface area contributed by atoms with Crippen LogP contribution in [0.15, 0.2) is 60.2 Å². The summed E-state index contributed by atoms with van der Waals surface area (Å²) >= 11 is 1.58. The zero-order valence-corrected chi connectivity index (χ0v) is 13.9. The number of rotatable bonds is 5. The van der Waals surface area contributed by atoms with E-state index in [1.165, 1.54) is 0 Å². The summed E-state index contributed by atoms with van der Waals surface area (Å²) in [5, 5.41) is 5.98. The zero-order chi connectivity index (χ0) is 16.4. The lowest BCUT2D eigenvalue weighted by molar-refractivity contribution is -0.122. The second-order valence-electron chi connectivity index (χ2n) is 5.95. The third-order valence-corrected chi connectivity index (χ3v) is 5.12. The largest absolute Gasteiger partial charge is 0.349 e. The van der Waals surface area contributed by atoms with Gasteiger partial charge in [0.05, 0.1) is 12.2 Å². The normalized spacial score (nSPS) is 19.0. The molecule has 3 aromatic rings. The van der Waals surface area contributed by atoms with Crippen molar-refractivity contribution < 1.29 is 4.79 Å². The van der Waals surface area contributed by atoms with E-state index in [4.69, 9.17) is 0 Å². The average Bonchev–Trinajstić information content (AvgIpc) is 3.31. The van der Waals surface area contributed by atoms with Gasteiger partial charge in [0.15, 0.2) is 0 Å². The van der Waals surface area contributed by atoms with Crippen molar-refractivity contribution in [3.05, 3.63) is 70.8 Å². The molecule has 4 rings (SSSR count). The summed E-state index contributed by atoms with van der Waals surface area (Å²) in [5.74, 6) is 0.498. The highest BCUT2D eigenvalue weighted by Gasteiger charge is 2.43. The summed E-state index contributed by atoms with van der Waals surface area (Å²) in [6.07, 6.45) is 4.52. The fraction of sp³-hybridized carbons (Fsp3) is 0.211. The Hall–Kier alpha value is -2.53. The number of pyridine rings is 1. The van der Waals surface area contributed by atoms with Gasteiger partial charge in [-0.15, -0.1) is 11.3 Å². The molecule has 1 fully saturated rings. The number of aromatic nitrogens is 2. The van der Waals surface area contributed by atoms with E-state index in [0.717, 1.165) is 28.2 Å². The Labute approximate surface area is 144 Å². The lowest BCUT2D eigenvalue weighted by Crippen LogP contribution is -2.24. The van der Waals surface area contributed by atoms with Gasteiger partial charge in [0.1, 0.15) is 5.01 Å². The molecule has 1 saturated carbocycles. The van der Waals surface area contributed by atoms with E-state index in [0.29, 0.717) is 12.5 Å². The molecule has 0 radical (unpaired) electrons. The van der Waals surface area contributed by atoms with Gasteiger partial charge in [-0.25, -0.2) is 4.98 Å². The number of hydrogen-bond acceptors (Lipinski definition) is 4. The van der Waals surface area contributed by atoms with Crippen LogP contribution < -0.4 is 5.32 Å². The van der Waals surface area contributed by atoms with Crippen LogP contribution in [0.5, 0.6) is 0 Å². The Balaban J connectivity index is 1.33. The monoisotopic (exact) mass is 335 g/mol. The molecule has 2 aromatic heterocycles. The minimum absolute atomic E-state index is 0.0720. The SMILES string of the molecule is O=C(NCc1nc(-c2ccccc2)cs1)C1CC1c1cccnc1. The van der Waals surface area contributed by atoms with Crippen LogP contribution in [0.1, 0.15) is 22.9 Å². The van der Waals surface area contributed by atoms with E-state index in [1.807, 2.05) is 54.0 Å². The van der Waals surface area contributed by atoms with Gasteiger partial charge in [-0.1, -0.05) is 36.4 Å². The van der Waals surface area contributed by atoms with E-state index in [-0.39, 0.29) is 11.8 Å². The summed E-state index contributed by atoms with van der Waals surface area (Å²) in [7, 11) is 0. The number of thiazole rings is 1. The molecule has 24 heavy (non-hydrogen) atoms. The maximum atomic E-state index is 12.3. The summed E-state index contributed by atoms with van der Waals surface area (Å²) in [4.78, 5) is 21.0. The molecular weight excluding hydrogens is 318 g/mol. The van der Waals surface area contributed by atoms with Gasteiger partial charge in [0.25, 0.3) is 0 Å². The highest BCUT2D eigenvalue weighted by molar-refractivity contribution is 7.09. The number of nitrogens with zero attached hydrogens (tertiary/aromatic N) is 2. The summed E-state index contributed by atoms with van der Waals surface area (Å²) in [5.41, 5.74) is 3.22. The van der Waals surface area contributed by atoms with Crippen molar-refractivity contribution in [3.8, 4) is 11.3 Å². The first-order valence-electron chi connectivity index (χ1n) is 7.99. The molecule has 1 aliphatic carbocycles. The third kappa shape index (κ3) is 3.21. The Bertz CT molecular complexity index is 832. The first-order chi connectivity index (χ1) is 11.8. The minimum atomic E-state index is 0.0720. The molecule has 0 saturated heterocycles. The predicted octanol–water partition coefficient (Wildman–Crippen LogP) is 3.63. The van der Waals surface area contributed by atoms with Crippen LogP contribution in [-0.4, -0.2) is 15.9 Å². The van der Waals surface area contributed by atoms with Gasteiger partial charge in [-0.3, -0.25) is 9.78 Å². The van der Waals surface area contributed by atoms with Gasteiger partial charge in [-0.05, 0) is 24.0 Å². The first-order valence-corrected chi connectivity index (χ1v) is 8.86. The molecule has 2 atom stereocenters. The summed E-state index contributed by atoms with van der Waals surface area (Å²) < 4.78 is 0. The van der Waals surface area contributed by atoms with Crippen LogP contribution in [0.4, 0.5) is 0 Å². The molecule has 1 aliphatic rings. The molecule has 0 spiro atoms. The quantitative estimate of drug-likeness (QED) is 0.775. The van der Waals surface area contributed by atoms with Crippen molar-refractivity contribution in [2.45, 2.75) is 18.9 Å². The van der Waals surface area contributed by atoms with E-state index in [2.05, 4.69) is 15.3 Å². The van der Waals surface area contributed by atoms with Crippen LogP contribution in [-0.2, 0) is 11.3 Å². The van der Waals surface area contributed by atoms with Crippen molar-refractivity contribution >= 4 is 17.2 Å². The maximum absolute atomic E-state index is 12.3. The van der Waals surface area contributed by atoms with Gasteiger partial charge < -0.3 is 5.32 Å². The molecule has 1 amide bonds. The van der Waals surface area contributed by atoms with E-state index in [1.54, 1.807) is 17.5 Å².